The molecule has 1 N–H and O–H groups in total. The molecular formula is C13H13ClN2OS. The lowest BCUT2D eigenvalue weighted by Gasteiger charge is -2.14. The smallest absolute Gasteiger partial charge is 0.271 e. The molecule has 1 heterocycles. The number of hydrogen-bond donors (Lipinski definition) is 1. The molecule has 0 aliphatic heterocycles. The van der Waals surface area contributed by atoms with Crippen LogP contribution in [0.5, 0.6) is 0 Å². The van der Waals surface area contributed by atoms with Gasteiger partial charge in [-0.05, 0) is 25.5 Å². The van der Waals surface area contributed by atoms with Crippen LogP contribution in [0.15, 0.2) is 29.6 Å². The summed E-state index contributed by atoms with van der Waals surface area (Å²) in [5.74, 6) is -0.174. The highest BCUT2D eigenvalue weighted by atomic mass is 35.5. The number of halogens is 1. The summed E-state index contributed by atoms with van der Waals surface area (Å²) in [6.45, 7) is 3.78. The van der Waals surface area contributed by atoms with Crippen molar-refractivity contribution < 1.29 is 4.79 Å². The second-order valence-corrected chi connectivity index (χ2v) is 5.44. The number of aryl methyl sites for hydroxylation is 1. The summed E-state index contributed by atoms with van der Waals surface area (Å²) in [5, 5.41) is 6.17. The van der Waals surface area contributed by atoms with E-state index >= 15 is 0 Å². The minimum absolute atomic E-state index is 0.145. The van der Waals surface area contributed by atoms with Crippen LogP contribution in [0.3, 0.4) is 0 Å². The van der Waals surface area contributed by atoms with E-state index in [1.165, 1.54) is 11.3 Å². The van der Waals surface area contributed by atoms with E-state index in [0.717, 1.165) is 10.6 Å². The molecule has 0 aliphatic rings. The van der Waals surface area contributed by atoms with E-state index in [1.807, 2.05) is 38.1 Å². The Morgan fingerprint density at radius 1 is 1.44 bits per heavy atom. The van der Waals surface area contributed by atoms with Crippen LogP contribution >= 0.6 is 22.9 Å². The molecule has 0 bridgehead atoms. The van der Waals surface area contributed by atoms with E-state index < -0.39 is 0 Å². The van der Waals surface area contributed by atoms with Gasteiger partial charge in [-0.1, -0.05) is 29.8 Å². The van der Waals surface area contributed by atoms with E-state index in [2.05, 4.69) is 10.3 Å². The highest BCUT2D eigenvalue weighted by Crippen LogP contribution is 2.22. The number of nitrogens with zero attached hydrogens (tertiary/aromatic N) is 1. The fourth-order valence-corrected chi connectivity index (χ4v) is 2.53. The molecule has 0 aliphatic carbocycles. The van der Waals surface area contributed by atoms with Crippen molar-refractivity contribution in [2.75, 3.05) is 0 Å². The third kappa shape index (κ3) is 2.89. The first-order valence-electron chi connectivity index (χ1n) is 5.55. The summed E-state index contributed by atoms with van der Waals surface area (Å²) < 4.78 is 0. The van der Waals surface area contributed by atoms with E-state index in [4.69, 9.17) is 11.6 Å². The van der Waals surface area contributed by atoms with E-state index in [1.54, 1.807) is 5.38 Å². The molecule has 5 heteroatoms. The van der Waals surface area contributed by atoms with Crippen LogP contribution in [0.2, 0.25) is 5.02 Å². The predicted molar refractivity (Wildman–Crippen MR) is 74.2 cm³/mol. The molecular weight excluding hydrogens is 268 g/mol. The topological polar surface area (TPSA) is 42.0 Å². The lowest BCUT2D eigenvalue weighted by Crippen LogP contribution is -2.27. The molecule has 94 valence electrons. The quantitative estimate of drug-likeness (QED) is 0.933. The molecule has 0 saturated carbocycles. The molecule has 1 amide bonds. The number of rotatable bonds is 3. The molecule has 2 aromatic rings. The zero-order valence-electron chi connectivity index (χ0n) is 10.1. The Labute approximate surface area is 115 Å². The predicted octanol–water partition coefficient (Wildman–Crippen LogP) is 3.60. The van der Waals surface area contributed by atoms with Crippen LogP contribution in [0, 0.1) is 6.92 Å². The maximum absolute atomic E-state index is 11.9. The lowest BCUT2D eigenvalue weighted by molar-refractivity contribution is 0.0935. The molecule has 0 radical (unpaired) electrons. The van der Waals surface area contributed by atoms with Crippen molar-refractivity contribution in [2.45, 2.75) is 19.9 Å². The van der Waals surface area contributed by atoms with Gasteiger partial charge in [0, 0.05) is 10.4 Å². The molecule has 3 nitrogen and oxygen atoms in total. The van der Waals surface area contributed by atoms with Gasteiger partial charge in [0.25, 0.3) is 5.91 Å². The number of hydrogen-bond acceptors (Lipinski definition) is 3. The Kier molecular flexibility index (Phi) is 3.99. The number of benzene rings is 1. The fraction of sp³-hybridized carbons (Fsp3) is 0.231. The van der Waals surface area contributed by atoms with Crippen molar-refractivity contribution in [2.24, 2.45) is 0 Å². The maximum atomic E-state index is 11.9. The Morgan fingerprint density at radius 3 is 2.78 bits per heavy atom. The van der Waals surface area contributed by atoms with E-state index in [0.29, 0.717) is 10.7 Å². The van der Waals surface area contributed by atoms with E-state index in [9.17, 15) is 4.79 Å². The molecule has 0 saturated heterocycles. The monoisotopic (exact) mass is 280 g/mol. The first-order valence-corrected chi connectivity index (χ1v) is 6.81. The molecule has 0 fully saturated rings. The van der Waals surface area contributed by atoms with Gasteiger partial charge in [-0.3, -0.25) is 4.79 Å². The molecule has 1 aromatic heterocycles. The largest absolute Gasteiger partial charge is 0.344 e. The second kappa shape index (κ2) is 5.50. The van der Waals surface area contributed by atoms with E-state index in [-0.39, 0.29) is 11.9 Å². The standard InChI is InChI=1S/C13H13ClN2OS/c1-8(10-5-3-4-6-11(10)14)15-13(17)12-7-18-9(2)16-12/h3-8H,1-2H3,(H,15,17). The molecule has 1 unspecified atom stereocenters. The van der Waals surface area contributed by atoms with Crippen LogP contribution in [-0.4, -0.2) is 10.9 Å². The van der Waals surface area contributed by atoms with Gasteiger partial charge in [0.2, 0.25) is 0 Å². The summed E-state index contributed by atoms with van der Waals surface area (Å²) in [6.07, 6.45) is 0. The first-order chi connectivity index (χ1) is 8.58. The lowest BCUT2D eigenvalue weighted by atomic mass is 10.1. The minimum atomic E-state index is -0.174. The van der Waals surface area contributed by atoms with Crippen molar-refractivity contribution in [1.82, 2.24) is 10.3 Å². The van der Waals surface area contributed by atoms with Gasteiger partial charge in [-0.2, -0.15) is 0 Å². The number of aromatic nitrogens is 1. The van der Waals surface area contributed by atoms with Crippen molar-refractivity contribution in [3.63, 3.8) is 0 Å². The third-order valence-corrected chi connectivity index (χ3v) is 3.69. The fourth-order valence-electron chi connectivity index (χ4n) is 1.64. The molecule has 1 atom stereocenters. The van der Waals surface area contributed by atoms with Crippen LogP contribution < -0.4 is 5.32 Å². The number of carbonyl (C=O) groups is 1. The Balaban J connectivity index is 2.10. The van der Waals surface area contributed by atoms with Crippen LogP contribution in [0.25, 0.3) is 0 Å². The van der Waals surface area contributed by atoms with Crippen LogP contribution in [0.1, 0.15) is 34.0 Å². The number of carbonyl (C=O) groups excluding carboxylic acids is 1. The van der Waals surface area contributed by atoms with Gasteiger partial charge in [-0.25, -0.2) is 4.98 Å². The van der Waals surface area contributed by atoms with Gasteiger partial charge in [0.05, 0.1) is 11.0 Å². The molecule has 0 spiro atoms. The summed E-state index contributed by atoms with van der Waals surface area (Å²) >= 11 is 7.55. The van der Waals surface area contributed by atoms with Crippen molar-refractivity contribution in [3.8, 4) is 0 Å². The van der Waals surface area contributed by atoms with Gasteiger partial charge < -0.3 is 5.32 Å². The Hall–Kier alpha value is -1.39. The summed E-state index contributed by atoms with van der Waals surface area (Å²) in [6, 6.07) is 7.33. The van der Waals surface area contributed by atoms with Crippen molar-refractivity contribution >= 4 is 28.8 Å². The summed E-state index contributed by atoms with van der Waals surface area (Å²) in [5.41, 5.74) is 1.36. The average Bonchev–Trinajstić information content (AvgIpc) is 2.76. The zero-order valence-corrected chi connectivity index (χ0v) is 11.7. The molecule has 1 aromatic carbocycles. The highest BCUT2D eigenvalue weighted by molar-refractivity contribution is 7.09. The summed E-state index contributed by atoms with van der Waals surface area (Å²) in [7, 11) is 0. The minimum Gasteiger partial charge on any atom is -0.344 e. The average molecular weight is 281 g/mol. The van der Waals surface area contributed by atoms with Gasteiger partial charge in [0.15, 0.2) is 0 Å². The van der Waals surface area contributed by atoms with Crippen molar-refractivity contribution in [1.29, 1.82) is 0 Å². The van der Waals surface area contributed by atoms with Crippen molar-refractivity contribution in [3.05, 3.63) is 50.9 Å². The number of nitrogens with one attached hydrogen (secondary N) is 1. The SMILES string of the molecule is Cc1nc(C(=O)NC(C)c2ccccc2Cl)cs1. The Morgan fingerprint density at radius 2 is 2.17 bits per heavy atom. The first kappa shape index (κ1) is 13.1. The molecule has 2 rings (SSSR count). The number of amides is 1. The normalized spacial score (nSPS) is 12.2. The van der Waals surface area contributed by atoms with Crippen LogP contribution in [-0.2, 0) is 0 Å². The second-order valence-electron chi connectivity index (χ2n) is 3.97. The highest BCUT2D eigenvalue weighted by Gasteiger charge is 2.15. The number of thiazole rings is 1. The Bertz CT molecular complexity index is 568. The van der Waals surface area contributed by atoms with Gasteiger partial charge in [-0.15, -0.1) is 11.3 Å². The van der Waals surface area contributed by atoms with Gasteiger partial charge in [0.1, 0.15) is 5.69 Å². The third-order valence-electron chi connectivity index (χ3n) is 2.57. The maximum Gasteiger partial charge on any atom is 0.271 e. The zero-order chi connectivity index (χ0) is 13.1. The summed E-state index contributed by atoms with van der Waals surface area (Å²) in [4.78, 5) is 16.1. The molecule has 18 heavy (non-hydrogen) atoms. The van der Waals surface area contributed by atoms with Gasteiger partial charge >= 0.3 is 0 Å². The van der Waals surface area contributed by atoms with Crippen LogP contribution in [0.4, 0.5) is 0 Å².